The zero-order valence-corrected chi connectivity index (χ0v) is 9.10. The molecule has 0 amide bonds. The van der Waals surface area contributed by atoms with Crippen LogP contribution in [0.1, 0.15) is 22.5 Å². The van der Waals surface area contributed by atoms with Gasteiger partial charge in [0.15, 0.2) is 0 Å². The topological polar surface area (TPSA) is 20.7 Å². The second kappa shape index (κ2) is 3.05. The van der Waals surface area contributed by atoms with Gasteiger partial charge in [0.25, 0.3) is 0 Å². The number of hydrogen-bond acceptors (Lipinski definition) is 0. The summed E-state index contributed by atoms with van der Waals surface area (Å²) in [5, 5.41) is 0. The van der Waals surface area contributed by atoms with E-state index >= 15 is 0 Å². The van der Waals surface area contributed by atoms with E-state index in [4.69, 9.17) is 0 Å². The molecule has 0 atom stereocenters. The smallest absolute Gasteiger partial charge is 0.118 e. The first-order chi connectivity index (χ1) is 6.59. The van der Waals surface area contributed by atoms with Gasteiger partial charge in [-0.3, -0.25) is 4.57 Å². The predicted octanol–water partition coefficient (Wildman–Crippen LogP) is 2.84. The van der Waals surface area contributed by atoms with Crippen molar-refractivity contribution in [3.63, 3.8) is 0 Å². The number of H-pyrrole nitrogens is 1. The highest BCUT2D eigenvalue weighted by molar-refractivity contribution is 5.40. The van der Waals surface area contributed by atoms with Crippen molar-refractivity contribution < 1.29 is 0 Å². The summed E-state index contributed by atoms with van der Waals surface area (Å²) in [4.78, 5) is 3.35. The first kappa shape index (κ1) is 9.13. The van der Waals surface area contributed by atoms with E-state index in [1.54, 1.807) is 0 Å². The van der Waals surface area contributed by atoms with Gasteiger partial charge in [-0.15, -0.1) is 0 Å². The van der Waals surface area contributed by atoms with Crippen LogP contribution >= 0.6 is 0 Å². The Kier molecular flexibility index (Phi) is 1.99. The Bertz CT molecular complexity index is 461. The van der Waals surface area contributed by atoms with Crippen molar-refractivity contribution >= 4 is 0 Å². The van der Waals surface area contributed by atoms with Gasteiger partial charge in [0.1, 0.15) is 5.82 Å². The molecule has 0 aromatic carbocycles. The third kappa shape index (κ3) is 1.27. The molecule has 14 heavy (non-hydrogen) atoms. The van der Waals surface area contributed by atoms with Crippen LogP contribution in [0.25, 0.3) is 5.82 Å². The Morgan fingerprint density at radius 2 is 1.86 bits per heavy atom. The van der Waals surface area contributed by atoms with E-state index in [2.05, 4.69) is 49.5 Å². The molecule has 2 aromatic heterocycles. The Morgan fingerprint density at radius 1 is 1.14 bits per heavy atom. The number of aromatic nitrogens is 2. The molecule has 0 spiro atoms. The lowest BCUT2D eigenvalue weighted by atomic mass is 10.3. The molecule has 2 heterocycles. The van der Waals surface area contributed by atoms with E-state index in [1.165, 1.54) is 22.5 Å². The van der Waals surface area contributed by atoms with Crippen LogP contribution in [0.4, 0.5) is 0 Å². The zero-order valence-electron chi connectivity index (χ0n) is 9.10. The molecule has 2 rings (SSSR count). The molecule has 0 aliphatic heterocycles. The number of aryl methyl sites for hydroxylation is 3. The molecule has 0 aliphatic carbocycles. The van der Waals surface area contributed by atoms with Crippen LogP contribution in [0.2, 0.25) is 0 Å². The maximum atomic E-state index is 3.35. The molecular weight excluding hydrogens is 172 g/mol. The molecule has 1 radical (unpaired) electrons. The van der Waals surface area contributed by atoms with E-state index in [0.29, 0.717) is 0 Å². The first-order valence-electron chi connectivity index (χ1n) is 4.83. The van der Waals surface area contributed by atoms with Gasteiger partial charge in [0, 0.05) is 11.4 Å². The molecule has 2 nitrogen and oxygen atoms in total. The van der Waals surface area contributed by atoms with E-state index in [0.717, 1.165) is 5.82 Å². The fraction of sp³-hybridized carbons (Fsp3) is 0.333. The lowest BCUT2D eigenvalue weighted by Gasteiger charge is -2.04. The maximum Gasteiger partial charge on any atom is 0.118 e. The number of aromatic amines is 1. The Hall–Kier alpha value is -1.44. The highest BCUT2D eigenvalue weighted by Gasteiger charge is 2.07. The van der Waals surface area contributed by atoms with Gasteiger partial charge in [0.2, 0.25) is 0 Å². The van der Waals surface area contributed by atoms with Crippen LogP contribution in [0.5, 0.6) is 0 Å². The SMILES string of the molecule is Cc1cc(C)c(-n2[c]cc(C)c2C)[nH]1. The van der Waals surface area contributed by atoms with Gasteiger partial charge in [-0.25, -0.2) is 0 Å². The second-order valence-corrected chi connectivity index (χ2v) is 3.86. The summed E-state index contributed by atoms with van der Waals surface area (Å²) in [6.45, 7) is 8.40. The zero-order chi connectivity index (χ0) is 10.3. The van der Waals surface area contributed by atoms with Gasteiger partial charge in [-0.05, 0) is 51.0 Å². The monoisotopic (exact) mass is 187 g/mol. The minimum absolute atomic E-state index is 1.13. The van der Waals surface area contributed by atoms with Crippen LogP contribution in [0, 0.1) is 33.9 Å². The van der Waals surface area contributed by atoms with Gasteiger partial charge < -0.3 is 4.98 Å². The molecular formula is C12H15N2. The van der Waals surface area contributed by atoms with E-state index in [9.17, 15) is 0 Å². The average Bonchev–Trinajstić information content (AvgIpc) is 2.59. The summed E-state index contributed by atoms with van der Waals surface area (Å²) in [5.41, 5.74) is 4.97. The highest BCUT2D eigenvalue weighted by Crippen LogP contribution is 2.18. The molecule has 2 aromatic rings. The average molecular weight is 187 g/mol. The molecule has 0 fully saturated rings. The lowest BCUT2D eigenvalue weighted by molar-refractivity contribution is 0.945. The maximum absolute atomic E-state index is 3.35. The molecule has 0 unspecified atom stereocenters. The van der Waals surface area contributed by atoms with Crippen molar-refractivity contribution in [3.05, 3.63) is 40.8 Å². The lowest BCUT2D eigenvalue weighted by Crippen LogP contribution is -1.97. The summed E-state index contributed by atoms with van der Waals surface area (Å²) in [5.74, 6) is 1.13. The van der Waals surface area contributed by atoms with Crippen LogP contribution < -0.4 is 0 Å². The number of nitrogens with zero attached hydrogens (tertiary/aromatic N) is 1. The van der Waals surface area contributed by atoms with E-state index in [-0.39, 0.29) is 0 Å². The number of nitrogens with one attached hydrogen (secondary N) is 1. The Labute approximate surface area is 84.6 Å². The van der Waals surface area contributed by atoms with Crippen molar-refractivity contribution in [2.45, 2.75) is 27.7 Å². The van der Waals surface area contributed by atoms with Crippen LogP contribution in [-0.2, 0) is 0 Å². The molecule has 0 saturated heterocycles. The normalized spacial score (nSPS) is 10.9. The highest BCUT2D eigenvalue weighted by atomic mass is 15.1. The van der Waals surface area contributed by atoms with Crippen LogP contribution in [0.15, 0.2) is 12.1 Å². The predicted molar refractivity (Wildman–Crippen MR) is 57.9 cm³/mol. The standard InChI is InChI=1S/C12H15N2/c1-8-5-6-14(11(8)4)12-9(2)7-10(3)13-12/h5,7,13H,1-4H3. The second-order valence-electron chi connectivity index (χ2n) is 3.86. The summed E-state index contributed by atoms with van der Waals surface area (Å²) >= 11 is 0. The summed E-state index contributed by atoms with van der Waals surface area (Å²) in [6, 6.07) is 4.17. The Balaban J connectivity index is 2.59. The third-order valence-electron chi connectivity index (χ3n) is 2.66. The van der Waals surface area contributed by atoms with Gasteiger partial charge in [-0.1, -0.05) is 0 Å². The summed E-state index contributed by atoms with van der Waals surface area (Å²) in [7, 11) is 0. The fourth-order valence-electron chi connectivity index (χ4n) is 1.72. The van der Waals surface area contributed by atoms with Gasteiger partial charge >= 0.3 is 0 Å². The number of hydrogen-bond donors (Lipinski definition) is 1. The molecule has 0 aliphatic rings. The minimum atomic E-state index is 1.13. The van der Waals surface area contributed by atoms with Crippen LogP contribution in [0.3, 0.4) is 0 Å². The van der Waals surface area contributed by atoms with Crippen LogP contribution in [-0.4, -0.2) is 9.55 Å². The third-order valence-corrected chi connectivity index (χ3v) is 2.66. The van der Waals surface area contributed by atoms with Crippen molar-refractivity contribution in [1.29, 1.82) is 0 Å². The largest absolute Gasteiger partial charge is 0.345 e. The van der Waals surface area contributed by atoms with E-state index in [1.807, 2.05) is 6.07 Å². The van der Waals surface area contributed by atoms with E-state index < -0.39 is 0 Å². The quantitative estimate of drug-likeness (QED) is 0.708. The first-order valence-corrected chi connectivity index (χ1v) is 4.83. The van der Waals surface area contributed by atoms with Crippen molar-refractivity contribution in [2.24, 2.45) is 0 Å². The van der Waals surface area contributed by atoms with Crippen molar-refractivity contribution in [2.75, 3.05) is 0 Å². The van der Waals surface area contributed by atoms with Crippen molar-refractivity contribution in [1.82, 2.24) is 9.55 Å². The summed E-state index contributed by atoms with van der Waals surface area (Å²) in [6.07, 6.45) is 3.23. The molecule has 1 N–H and O–H groups in total. The number of rotatable bonds is 1. The molecule has 73 valence electrons. The van der Waals surface area contributed by atoms with Gasteiger partial charge in [-0.2, -0.15) is 0 Å². The fourth-order valence-corrected chi connectivity index (χ4v) is 1.72. The molecule has 0 saturated carbocycles. The minimum Gasteiger partial charge on any atom is -0.345 e. The molecule has 0 bridgehead atoms. The molecule has 2 heteroatoms. The van der Waals surface area contributed by atoms with Crippen molar-refractivity contribution in [3.8, 4) is 5.82 Å². The Morgan fingerprint density at radius 3 is 2.29 bits per heavy atom. The summed E-state index contributed by atoms with van der Waals surface area (Å²) < 4.78 is 2.08. The van der Waals surface area contributed by atoms with Gasteiger partial charge in [0.05, 0.1) is 6.20 Å².